The number of carboxylic acids is 1. The second-order valence-corrected chi connectivity index (χ2v) is 11.0. The molecule has 1 saturated carbocycles. The first kappa shape index (κ1) is 28.6. The number of pyridine rings is 1. The van der Waals surface area contributed by atoms with E-state index in [0.29, 0.717) is 27.7 Å². The van der Waals surface area contributed by atoms with Crippen molar-refractivity contribution in [1.82, 2.24) is 10.3 Å². The first-order valence-corrected chi connectivity index (χ1v) is 13.8. The topological polar surface area (TPSA) is 88.5 Å². The van der Waals surface area contributed by atoms with E-state index in [9.17, 15) is 27.9 Å². The van der Waals surface area contributed by atoms with Gasteiger partial charge in [-0.3, -0.25) is 9.59 Å². The fraction of sp³-hybridized carbons (Fsp3) is 0.258. The molecule has 2 N–H and O–H groups in total. The van der Waals surface area contributed by atoms with Gasteiger partial charge in [-0.2, -0.15) is 0 Å². The second kappa shape index (κ2) is 11.5. The number of benzene rings is 3. The number of carbonyl (C=O) groups excluding carboxylic acids is 1. The largest absolute Gasteiger partial charge is 0.573 e. The van der Waals surface area contributed by atoms with Crippen LogP contribution in [0, 0.1) is 12.8 Å². The van der Waals surface area contributed by atoms with Gasteiger partial charge in [-0.1, -0.05) is 64.5 Å². The van der Waals surface area contributed by atoms with Gasteiger partial charge < -0.3 is 15.2 Å². The van der Waals surface area contributed by atoms with Crippen molar-refractivity contribution in [2.45, 2.75) is 44.5 Å². The summed E-state index contributed by atoms with van der Waals surface area (Å²) in [6.45, 7) is 1.82. The van der Waals surface area contributed by atoms with Crippen LogP contribution in [0.25, 0.3) is 22.2 Å². The molecule has 1 aliphatic rings. The number of nitrogens with zero attached hydrogens (tertiary/aromatic N) is 1. The minimum absolute atomic E-state index is 0.0510. The average Bonchev–Trinajstić information content (AvgIpc) is 2.93. The smallest absolute Gasteiger partial charge is 0.481 e. The number of rotatable bonds is 6. The molecular formula is C31H26BrF3N2O4. The van der Waals surface area contributed by atoms with Gasteiger partial charge in [-0.25, -0.2) is 4.98 Å². The molecule has 3 unspecified atom stereocenters. The molecule has 3 aromatic carbocycles. The first-order chi connectivity index (χ1) is 19.5. The normalized spacial score (nSPS) is 19.1. The van der Waals surface area contributed by atoms with Crippen LogP contribution in [0.4, 0.5) is 13.2 Å². The van der Waals surface area contributed by atoms with Crippen LogP contribution in [0.5, 0.6) is 5.75 Å². The summed E-state index contributed by atoms with van der Waals surface area (Å²) in [6.07, 6.45) is -4.33. The van der Waals surface area contributed by atoms with Crippen molar-refractivity contribution < 1.29 is 32.6 Å². The molecule has 6 nitrogen and oxygen atoms in total. The fourth-order valence-corrected chi connectivity index (χ4v) is 6.02. The van der Waals surface area contributed by atoms with Crippen LogP contribution in [-0.4, -0.2) is 34.4 Å². The molecule has 41 heavy (non-hydrogen) atoms. The molecule has 0 aliphatic heterocycles. The molecule has 5 rings (SSSR count). The van der Waals surface area contributed by atoms with Crippen LogP contribution in [-0.2, 0) is 4.79 Å². The predicted octanol–water partition coefficient (Wildman–Crippen LogP) is 7.64. The monoisotopic (exact) mass is 626 g/mol. The summed E-state index contributed by atoms with van der Waals surface area (Å²) in [6, 6.07) is 20.0. The number of ether oxygens (including phenoxy) is 1. The lowest BCUT2D eigenvalue weighted by molar-refractivity contribution is -0.275. The van der Waals surface area contributed by atoms with Crippen molar-refractivity contribution in [3.05, 3.63) is 94.0 Å². The Labute approximate surface area is 242 Å². The third-order valence-electron chi connectivity index (χ3n) is 7.52. The van der Waals surface area contributed by atoms with E-state index in [0.717, 1.165) is 10.0 Å². The Morgan fingerprint density at radius 3 is 2.44 bits per heavy atom. The number of halogens is 4. The first-order valence-electron chi connectivity index (χ1n) is 13.1. The highest BCUT2D eigenvalue weighted by Crippen LogP contribution is 2.42. The Hall–Kier alpha value is -3.92. The number of para-hydroxylation sites is 1. The van der Waals surface area contributed by atoms with Gasteiger partial charge in [-0.15, -0.1) is 13.2 Å². The van der Waals surface area contributed by atoms with Gasteiger partial charge in [0.2, 0.25) is 0 Å². The highest BCUT2D eigenvalue weighted by molar-refractivity contribution is 9.10. The molecular weight excluding hydrogens is 601 g/mol. The number of amides is 1. The van der Waals surface area contributed by atoms with Crippen molar-refractivity contribution in [3.63, 3.8) is 0 Å². The van der Waals surface area contributed by atoms with Crippen molar-refractivity contribution in [3.8, 4) is 17.0 Å². The van der Waals surface area contributed by atoms with E-state index in [1.165, 1.54) is 18.2 Å². The number of hydrogen-bond acceptors (Lipinski definition) is 4. The minimum atomic E-state index is -4.93. The highest BCUT2D eigenvalue weighted by Gasteiger charge is 2.39. The zero-order chi connectivity index (χ0) is 29.3. The lowest BCUT2D eigenvalue weighted by atomic mass is 9.74. The number of aromatic nitrogens is 1. The lowest BCUT2D eigenvalue weighted by Crippen LogP contribution is -2.44. The SMILES string of the molecule is Cc1c(-c2ccccc2)nc2ccc(Br)cc2c1C(=O)NC1CCC(C(=O)O)CC1c1ccccc1OC(F)(F)F. The maximum atomic E-state index is 14.1. The maximum Gasteiger partial charge on any atom is 0.573 e. The van der Waals surface area contributed by atoms with Gasteiger partial charge in [0.05, 0.1) is 22.7 Å². The number of nitrogens with one attached hydrogen (secondary N) is 1. The quantitative estimate of drug-likeness (QED) is 0.230. The van der Waals surface area contributed by atoms with E-state index in [-0.39, 0.29) is 24.8 Å². The molecule has 1 heterocycles. The summed E-state index contributed by atoms with van der Waals surface area (Å²) >= 11 is 3.47. The van der Waals surface area contributed by atoms with Crippen LogP contribution in [0.2, 0.25) is 0 Å². The van der Waals surface area contributed by atoms with Crippen LogP contribution < -0.4 is 10.1 Å². The van der Waals surface area contributed by atoms with Crippen LogP contribution in [0.15, 0.2) is 77.3 Å². The summed E-state index contributed by atoms with van der Waals surface area (Å²) in [5, 5.41) is 13.4. The number of carboxylic acid groups (broad SMARTS) is 1. The Bertz CT molecular complexity index is 1610. The average molecular weight is 627 g/mol. The highest BCUT2D eigenvalue weighted by atomic mass is 79.9. The molecule has 3 atom stereocenters. The van der Waals surface area contributed by atoms with Gasteiger partial charge >= 0.3 is 12.3 Å². The van der Waals surface area contributed by atoms with Gasteiger partial charge in [0.15, 0.2) is 0 Å². The molecule has 10 heteroatoms. The molecule has 1 aliphatic carbocycles. The van der Waals surface area contributed by atoms with Gasteiger partial charge in [-0.05, 0) is 61.6 Å². The van der Waals surface area contributed by atoms with E-state index in [1.807, 2.05) is 55.5 Å². The lowest BCUT2D eigenvalue weighted by Gasteiger charge is -2.36. The van der Waals surface area contributed by atoms with Crippen LogP contribution in [0.3, 0.4) is 0 Å². The molecule has 0 bridgehead atoms. The fourth-order valence-electron chi connectivity index (χ4n) is 5.66. The van der Waals surface area contributed by atoms with Crippen molar-refractivity contribution >= 4 is 38.7 Å². The second-order valence-electron chi connectivity index (χ2n) is 10.1. The Morgan fingerprint density at radius 1 is 1.02 bits per heavy atom. The van der Waals surface area contributed by atoms with Gasteiger partial charge in [0.25, 0.3) is 5.91 Å². The summed E-state index contributed by atoms with van der Waals surface area (Å²) in [4.78, 5) is 30.8. The molecule has 0 spiro atoms. The minimum Gasteiger partial charge on any atom is -0.481 e. The summed E-state index contributed by atoms with van der Waals surface area (Å²) in [5.74, 6) is -3.33. The molecule has 4 aromatic rings. The zero-order valence-corrected chi connectivity index (χ0v) is 23.5. The summed E-state index contributed by atoms with van der Waals surface area (Å²) in [5.41, 5.74) is 3.33. The molecule has 212 valence electrons. The molecule has 1 fully saturated rings. The Morgan fingerprint density at radius 2 is 1.73 bits per heavy atom. The van der Waals surface area contributed by atoms with Gasteiger partial charge in [0, 0.05) is 27.4 Å². The van der Waals surface area contributed by atoms with Crippen molar-refractivity contribution in [2.75, 3.05) is 0 Å². The molecule has 0 radical (unpaired) electrons. The Kier molecular flexibility index (Phi) is 8.04. The van der Waals surface area contributed by atoms with Crippen LogP contribution in [0.1, 0.15) is 46.7 Å². The van der Waals surface area contributed by atoms with E-state index < -0.39 is 41.9 Å². The van der Waals surface area contributed by atoms with Crippen LogP contribution >= 0.6 is 15.9 Å². The number of alkyl halides is 3. The van der Waals surface area contributed by atoms with Gasteiger partial charge in [0.1, 0.15) is 5.75 Å². The number of hydrogen-bond donors (Lipinski definition) is 2. The third kappa shape index (κ3) is 6.22. The van der Waals surface area contributed by atoms with E-state index in [4.69, 9.17) is 4.98 Å². The number of aliphatic carboxylic acids is 1. The zero-order valence-electron chi connectivity index (χ0n) is 21.9. The Balaban J connectivity index is 1.57. The summed E-state index contributed by atoms with van der Waals surface area (Å²) in [7, 11) is 0. The van der Waals surface area contributed by atoms with Crippen molar-refractivity contribution in [1.29, 1.82) is 0 Å². The van der Waals surface area contributed by atoms with Crippen molar-refractivity contribution in [2.24, 2.45) is 5.92 Å². The maximum absolute atomic E-state index is 14.1. The predicted molar refractivity (Wildman–Crippen MR) is 152 cm³/mol. The summed E-state index contributed by atoms with van der Waals surface area (Å²) < 4.78 is 44.7. The van der Waals surface area contributed by atoms with E-state index in [2.05, 4.69) is 26.0 Å². The standard InChI is InChI=1S/C31H26BrF3N2O4/c1-17-27(23-16-20(32)12-14-25(23)36-28(17)18-7-3-2-4-8-18)29(38)37-24-13-11-19(30(39)40)15-22(24)21-9-5-6-10-26(21)41-31(33,34)35/h2-10,12,14,16,19,22,24H,11,13,15H2,1H3,(H,37,38)(H,39,40). The molecule has 1 aromatic heterocycles. The molecule has 0 saturated heterocycles. The number of carbonyl (C=O) groups is 2. The molecule has 1 amide bonds. The van der Waals surface area contributed by atoms with E-state index in [1.54, 1.807) is 6.07 Å². The van der Waals surface area contributed by atoms with E-state index >= 15 is 0 Å². The third-order valence-corrected chi connectivity index (χ3v) is 8.02. The number of fused-ring (bicyclic) bond motifs is 1.